The Morgan fingerprint density at radius 1 is 1.12 bits per heavy atom. The monoisotopic (exact) mass is 326 g/mol. The fourth-order valence-electron chi connectivity index (χ4n) is 2.81. The van der Waals surface area contributed by atoms with Crippen molar-refractivity contribution in [2.75, 3.05) is 17.2 Å². The van der Waals surface area contributed by atoms with E-state index in [1.807, 2.05) is 19.1 Å². The molecule has 6 heteroatoms. The molecule has 0 aliphatic heterocycles. The molecule has 24 heavy (non-hydrogen) atoms. The Bertz CT molecular complexity index is 664. The summed E-state index contributed by atoms with van der Waals surface area (Å²) >= 11 is 0. The van der Waals surface area contributed by atoms with E-state index in [2.05, 4.69) is 20.8 Å². The number of nitrogens with zero attached hydrogens (tertiary/aromatic N) is 2. The smallest absolute Gasteiger partial charge is 0.276 e. The van der Waals surface area contributed by atoms with Crippen molar-refractivity contribution in [2.45, 2.75) is 38.6 Å². The van der Waals surface area contributed by atoms with Gasteiger partial charge in [-0.15, -0.1) is 10.2 Å². The summed E-state index contributed by atoms with van der Waals surface area (Å²) in [5.41, 5.74) is 0.985. The lowest BCUT2D eigenvalue weighted by Crippen LogP contribution is -2.18. The van der Waals surface area contributed by atoms with Gasteiger partial charge in [0, 0.05) is 11.7 Å². The molecule has 2 N–H and O–H groups in total. The first-order valence-corrected chi connectivity index (χ1v) is 8.39. The van der Waals surface area contributed by atoms with Gasteiger partial charge in [-0.25, -0.2) is 0 Å². The second-order valence-electron chi connectivity index (χ2n) is 5.84. The third-order valence-corrected chi connectivity index (χ3v) is 4.03. The topological polar surface area (TPSA) is 76.1 Å². The van der Waals surface area contributed by atoms with E-state index in [1.165, 1.54) is 25.7 Å². The number of rotatable bonds is 6. The number of amides is 1. The van der Waals surface area contributed by atoms with Crippen molar-refractivity contribution in [3.8, 4) is 5.75 Å². The second kappa shape index (κ2) is 7.77. The molecular formula is C18H22N4O2. The highest BCUT2D eigenvalue weighted by molar-refractivity contribution is 6.02. The van der Waals surface area contributed by atoms with E-state index in [9.17, 15) is 4.79 Å². The zero-order valence-electron chi connectivity index (χ0n) is 13.8. The van der Waals surface area contributed by atoms with Crippen LogP contribution in [0.4, 0.5) is 11.5 Å². The molecule has 0 spiro atoms. The molecule has 1 aromatic carbocycles. The maximum absolute atomic E-state index is 12.2. The predicted molar refractivity (Wildman–Crippen MR) is 93.5 cm³/mol. The highest BCUT2D eigenvalue weighted by atomic mass is 16.5. The molecule has 1 fully saturated rings. The largest absolute Gasteiger partial charge is 0.494 e. The van der Waals surface area contributed by atoms with E-state index in [0.29, 0.717) is 24.0 Å². The average Bonchev–Trinajstić information content (AvgIpc) is 3.10. The van der Waals surface area contributed by atoms with Gasteiger partial charge in [0.25, 0.3) is 5.91 Å². The molecule has 126 valence electrons. The Kier molecular flexibility index (Phi) is 5.25. The van der Waals surface area contributed by atoms with E-state index in [-0.39, 0.29) is 5.91 Å². The van der Waals surface area contributed by atoms with Crippen LogP contribution in [0.2, 0.25) is 0 Å². The van der Waals surface area contributed by atoms with Crippen LogP contribution in [0.5, 0.6) is 5.75 Å². The van der Waals surface area contributed by atoms with E-state index in [4.69, 9.17) is 4.74 Å². The van der Waals surface area contributed by atoms with Crippen LogP contribution in [-0.2, 0) is 0 Å². The van der Waals surface area contributed by atoms with Crippen molar-refractivity contribution in [3.63, 3.8) is 0 Å². The number of nitrogens with one attached hydrogen (secondary N) is 2. The van der Waals surface area contributed by atoms with Gasteiger partial charge in [-0.3, -0.25) is 4.79 Å². The molecule has 1 aliphatic carbocycles. The Morgan fingerprint density at radius 3 is 2.50 bits per heavy atom. The molecule has 6 nitrogen and oxygen atoms in total. The Morgan fingerprint density at radius 2 is 1.88 bits per heavy atom. The number of carbonyl (C=O) groups is 1. The summed E-state index contributed by atoms with van der Waals surface area (Å²) in [5, 5.41) is 14.3. The van der Waals surface area contributed by atoms with Gasteiger partial charge in [0.05, 0.1) is 6.61 Å². The first-order valence-electron chi connectivity index (χ1n) is 8.39. The Hall–Kier alpha value is -2.63. The van der Waals surface area contributed by atoms with Crippen LogP contribution in [-0.4, -0.2) is 28.8 Å². The van der Waals surface area contributed by atoms with E-state index < -0.39 is 0 Å². The van der Waals surface area contributed by atoms with Crippen molar-refractivity contribution in [1.29, 1.82) is 0 Å². The number of anilines is 2. The first kappa shape index (κ1) is 16.2. The van der Waals surface area contributed by atoms with Gasteiger partial charge < -0.3 is 15.4 Å². The molecule has 1 aliphatic rings. The fraction of sp³-hybridized carbons (Fsp3) is 0.389. The SMILES string of the molecule is CCOc1ccc(NC(=O)c2ccc(NC3CCCC3)nn2)cc1. The summed E-state index contributed by atoms with van der Waals surface area (Å²) in [6.07, 6.45) is 4.85. The van der Waals surface area contributed by atoms with Crippen molar-refractivity contribution < 1.29 is 9.53 Å². The van der Waals surface area contributed by atoms with Crippen LogP contribution in [0, 0.1) is 0 Å². The van der Waals surface area contributed by atoms with E-state index >= 15 is 0 Å². The van der Waals surface area contributed by atoms with Gasteiger partial charge in [-0.2, -0.15) is 0 Å². The molecule has 3 rings (SSSR count). The maximum atomic E-state index is 12.2. The molecule has 0 radical (unpaired) electrons. The van der Waals surface area contributed by atoms with Crippen molar-refractivity contribution in [3.05, 3.63) is 42.1 Å². The molecule has 1 saturated carbocycles. The lowest BCUT2D eigenvalue weighted by molar-refractivity contribution is 0.102. The van der Waals surface area contributed by atoms with Crippen molar-refractivity contribution in [1.82, 2.24) is 10.2 Å². The number of ether oxygens (including phenoxy) is 1. The van der Waals surface area contributed by atoms with Crippen molar-refractivity contribution in [2.24, 2.45) is 0 Å². The minimum Gasteiger partial charge on any atom is -0.494 e. The van der Waals surface area contributed by atoms with Crippen LogP contribution < -0.4 is 15.4 Å². The summed E-state index contributed by atoms with van der Waals surface area (Å²) in [5.74, 6) is 1.22. The third kappa shape index (κ3) is 4.22. The summed E-state index contributed by atoms with van der Waals surface area (Å²) in [7, 11) is 0. The summed E-state index contributed by atoms with van der Waals surface area (Å²) in [6, 6.07) is 11.2. The van der Waals surface area contributed by atoms with Gasteiger partial charge >= 0.3 is 0 Å². The standard InChI is InChI=1S/C18H22N4O2/c1-2-24-15-9-7-14(8-10-15)20-18(23)16-11-12-17(22-21-16)19-13-5-3-4-6-13/h7-13H,2-6H2,1H3,(H,19,22)(H,20,23). The number of benzene rings is 1. The van der Waals surface area contributed by atoms with Crippen LogP contribution in [0.25, 0.3) is 0 Å². The van der Waals surface area contributed by atoms with Gasteiger partial charge in [0.2, 0.25) is 0 Å². The molecule has 1 heterocycles. The lowest BCUT2D eigenvalue weighted by Gasteiger charge is -2.12. The number of aromatic nitrogens is 2. The minimum absolute atomic E-state index is 0.279. The molecule has 2 aromatic rings. The average molecular weight is 326 g/mol. The van der Waals surface area contributed by atoms with Gasteiger partial charge in [-0.1, -0.05) is 12.8 Å². The van der Waals surface area contributed by atoms with Gasteiger partial charge in [0.1, 0.15) is 11.6 Å². The zero-order valence-corrected chi connectivity index (χ0v) is 13.8. The number of hydrogen-bond donors (Lipinski definition) is 2. The number of carbonyl (C=O) groups excluding carboxylic acids is 1. The molecule has 0 atom stereocenters. The molecule has 1 aromatic heterocycles. The molecule has 1 amide bonds. The quantitative estimate of drug-likeness (QED) is 0.850. The lowest BCUT2D eigenvalue weighted by atomic mass is 10.2. The van der Waals surface area contributed by atoms with Crippen LogP contribution in [0.3, 0.4) is 0 Å². The molecular weight excluding hydrogens is 304 g/mol. The van der Waals surface area contributed by atoms with Gasteiger partial charge in [0.15, 0.2) is 5.69 Å². The predicted octanol–water partition coefficient (Wildman–Crippen LogP) is 3.48. The summed E-state index contributed by atoms with van der Waals surface area (Å²) in [6.45, 7) is 2.54. The molecule has 0 unspecified atom stereocenters. The Balaban J connectivity index is 1.57. The zero-order chi connectivity index (χ0) is 16.8. The normalized spacial score (nSPS) is 14.4. The van der Waals surface area contributed by atoms with Crippen LogP contribution in [0.15, 0.2) is 36.4 Å². The maximum Gasteiger partial charge on any atom is 0.276 e. The fourth-order valence-corrected chi connectivity index (χ4v) is 2.81. The number of hydrogen-bond acceptors (Lipinski definition) is 5. The van der Waals surface area contributed by atoms with Crippen molar-refractivity contribution >= 4 is 17.4 Å². The third-order valence-electron chi connectivity index (χ3n) is 4.03. The first-order chi connectivity index (χ1) is 11.7. The highest BCUT2D eigenvalue weighted by Crippen LogP contribution is 2.21. The minimum atomic E-state index is -0.279. The summed E-state index contributed by atoms with van der Waals surface area (Å²) in [4.78, 5) is 12.2. The van der Waals surface area contributed by atoms with E-state index in [1.54, 1.807) is 24.3 Å². The Labute approximate surface area is 141 Å². The highest BCUT2D eigenvalue weighted by Gasteiger charge is 2.15. The van der Waals surface area contributed by atoms with E-state index in [0.717, 1.165) is 11.6 Å². The second-order valence-corrected chi connectivity index (χ2v) is 5.84. The van der Waals surface area contributed by atoms with Crippen LogP contribution >= 0.6 is 0 Å². The molecule has 0 bridgehead atoms. The summed E-state index contributed by atoms with van der Waals surface area (Å²) < 4.78 is 5.38. The van der Waals surface area contributed by atoms with Crippen LogP contribution in [0.1, 0.15) is 43.1 Å². The van der Waals surface area contributed by atoms with Gasteiger partial charge in [-0.05, 0) is 56.2 Å². The molecule has 0 saturated heterocycles.